The van der Waals surface area contributed by atoms with E-state index in [1.165, 1.54) is 10.6 Å². The Labute approximate surface area is 155 Å². The van der Waals surface area contributed by atoms with E-state index < -0.39 is 32.7 Å². The second kappa shape index (κ2) is 9.21. The second-order valence-electron chi connectivity index (χ2n) is 6.72. The van der Waals surface area contributed by atoms with Gasteiger partial charge in [0.2, 0.25) is 0 Å². The fraction of sp³-hybridized carbons (Fsp3) is 0.750. The van der Waals surface area contributed by atoms with Crippen LogP contribution in [0.25, 0.3) is 0 Å². The molecule has 2 rings (SSSR count). The van der Waals surface area contributed by atoms with Gasteiger partial charge in [-0.15, -0.1) is 0 Å². The Hall–Kier alpha value is -1.09. The molecule has 1 aromatic heterocycles. The average molecular weight is 388 g/mol. The topological polar surface area (TPSA) is 112 Å². The number of nitrogen functional groups attached to an aromatic ring is 1. The van der Waals surface area contributed by atoms with Crippen LogP contribution in [0, 0.1) is 0 Å². The third-order valence-corrected chi connectivity index (χ3v) is 6.22. The van der Waals surface area contributed by atoms with E-state index >= 15 is 0 Å². The highest BCUT2D eigenvalue weighted by Gasteiger charge is 2.40. The van der Waals surface area contributed by atoms with Gasteiger partial charge >= 0.3 is 5.69 Å². The smallest absolute Gasteiger partial charge is 0.351 e. The third-order valence-electron chi connectivity index (χ3n) is 4.15. The number of rotatable bonds is 8. The number of nitrogens with zero attached hydrogens (tertiary/aromatic N) is 3. The summed E-state index contributed by atoms with van der Waals surface area (Å²) in [6.07, 6.45) is 0.423. The Morgan fingerprint density at radius 1 is 1.46 bits per heavy atom. The maximum absolute atomic E-state index is 12.1. The fourth-order valence-electron chi connectivity index (χ4n) is 3.07. The molecule has 4 atom stereocenters. The van der Waals surface area contributed by atoms with Gasteiger partial charge in [-0.2, -0.15) is 4.98 Å². The fourth-order valence-corrected chi connectivity index (χ4v) is 4.66. The second-order valence-corrected chi connectivity index (χ2v) is 8.24. The largest absolute Gasteiger partial charge is 0.394 e. The van der Waals surface area contributed by atoms with Crippen molar-refractivity contribution in [2.24, 2.45) is 0 Å². The summed E-state index contributed by atoms with van der Waals surface area (Å²) in [5, 5.41) is 9.68. The molecule has 9 nitrogen and oxygen atoms in total. The van der Waals surface area contributed by atoms with Crippen molar-refractivity contribution < 1.29 is 18.9 Å². The van der Waals surface area contributed by atoms with E-state index in [2.05, 4.69) is 37.3 Å². The van der Waals surface area contributed by atoms with E-state index in [0.29, 0.717) is 6.42 Å². The number of hydrogen-bond donors (Lipinski definition) is 2. The van der Waals surface area contributed by atoms with E-state index in [-0.39, 0.29) is 24.5 Å². The molecule has 1 aliphatic rings. The van der Waals surface area contributed by atoms with E-state index in [1.54, 1.807) is 13.3 Å². The van der Waals surface area contributed by atoms with Crippen LogP contribution in [-0.2, 0) is 13.8 Å². The lowest BCUT2D eigenvalue weighted by molar-refractivity contribution is -0.0435. The maximum Gasteiger partial charge on any atom is 0.351 e. The summed E-state index contributed by atoms with van der Waals surface area (Å²) in [4.78, 5) is 15.8. The SMILES string of the molecule is COP(O[C@H]1C[C@H](n2ccc(N)nc2=O)O[C@@H]1CO)N(C(C)C)C(C)C. The molecule has 0 spiro atoms. The van der Waals surface area contributed by atoms with Crippen molar-refractivity contribution in [2.75, 3.05) is 19.5 Å². The van der Waals surface area contributed by atoms with Gasteiger partial charge in [-0.05, 0) is 33.8 Å². The zero-order chi connectivity index (χ0) is 19.4. The normalized spacial score (nSPS) is 24.7. The zero-order valence-electron chi connectivity index (χ0n) is 15.9. The van der Waals surface area contributed by atoms with E-state index in [0.717, 1.165) is 0 Å². The van der Waals surface area contributed by atoms with Crippen molar-refractivity contribution in [3.63, 3.8) is 0 Å². The minimum Gasteiger partial charge on any atom is -0.394 e. The lowest BCUT2D eigenvalue weighted by atomic mass is 10.2. The van der Waals surface area contributed by atoms with Crippen LogP contribution in [0.15, 0.2) is 17.1 Å². The van der Waals surface area contributed by atoms with E-state index in [9.17, 15) is 9.90 Å². The predicted molar refractivity (Wildman–Crippen MR) is 99.4 cm³/mol. The number of aliphatic hydroxyl groups excluding tert-OH is 1. The lowest BCUT2D eigenvalue weighted by Gasteiger charge is -2.36. The molecule has 1 unspecified atom stereocenters. The van der Waals surface area contributed by atoms with E-state index in [1.807, 2.05) is 0 Å². The van der Waals surface area contributed by atoms with Crippen LogP contribution in [0.1, 0.15) is 40.3 Å². The quantitative estimate of drug-likeness (QED) is 0.644. The van der Waals surface area contributed by atoms with E-state index in [4.69, 9.17) is 19.5 Å². The summed E-state index contributed by atoms with van der Waals surface area (Å²) in [5.74, 6) is 0.156. The van der Waals surface area contributed by atoms with Gasteiger partial charge in [-0.3, -0.25) is 4.57 Å². The molecule has 26 heavy (non-hydrogen) atoms. The molecule has 2 heterocycles. The first-order valence-corrected chi connectivity index (χ1v) is 9.81. The first kappa shape index (κ1) is 21.2. The van der Waals surface area contributed by atoms with Gasteiger partial charge in [0.15, 0.2) is 0 Å². The molecule has 0 saturated carbocycles. The molecule has 0 aliphatic carbocycles. The molecule has 0 bridgehead atoms. The van der Waals surface area contributed by atoms with Crippen LogP contribution < -0.4 is 11.4 Å². The van der Waals surface area contributed by atoms with Crippen LogP contribution in [0.3, 0.4) is 0 Å². The van der Waals surface area contributed by atoms with Gasteiger partial charge in [0, 0.05) is 31.8 Å². The highest BCUT2D eigenvalue weighted by Crippen LogP contribution is 2.49. The van der Waals surface area contributed by atoms with Gasteiger partial charge in [0.25, 0.3) is 8.53 Å². The van der Waals surface area contributed by atoms with Crippen LogP contribution in [0.2, 0.25) is 0 Å². The monoisotopic (exact) mass is 388 g/mol. The molecule has 1 saturated heterocycles. The Morgan fingerprint density at radius 3 is 2.62 bits per heavy atom. The summed E-state index contributed by atoms with van der Waals surface area (Å²) in [6.45, 7) is 8.10. The van der Waals surface area contributed by atoms with Gasteiger partial charge in [-0.1, -0.05) is 0 Å². The Balaban J connectivity index is 2.16. The molecular formula is C16H29N4O5P. The number of aliphatic hydroxyl groups is 1. The minimum atomic E-state index is -1.33. The van der Waals surface area contributed by atoms with Crippen LogP contribution in [0.5, 0.6) is 0 Å². The minimum absolute atomic E-state index is 0.156. The first-order valence-electron chi connectivity index (χ1n) is 8.68. The number of nitrogens with two attached hydrogens (primary N) is 1. The number of aromatic nitrogens is 2. The zero-order valence-corrected chi connectivity index (χ0v) is 16.8. The standard InChI is InChI=1S/C16H29N4O5P/c1-10(2)20(11(3)4)26(23-5)25-12-8-15(24-13(12)9-21)19-7-6-14(17)18-16(19)22/h6-7,10-13,15,21H,8-9H2,1-5H3,(H2,17,18,22)/t12-,13+,15+,26?/m0/s1. The van der Waals surface area contributed by atoms with Crippen molar-refractivity contribution in [3.05, 3.63) is 22.7 Å². The van der Waals surface area contributed by atoms with Gasteiger partial charge < -0.3 is 24.6 Å². The Bertz CT molecular complexity index is 633. The lowest BCUT2D eigenvalue weighted by Crippen LogP contribution is -2.36. The number of anilines is 1. The van der Waals surface area contributed by atoms with Crippen LogP contribution in [0.4, 0.5) is 5.82 Å². The first-order chi connectivity index (χ1) is 12.3. The molecule has 0 aromatic carbocycles. The molecule has 1 aromatic rings. The molecule has 1 fully saturated rings. The summed E-state index contributed by atoms with van der Waals surface area (Å²) in [5.41, 5.74) is 5.04. The van der Waals surface area contributed by atoms with Gasteiger partial charge in [-0.25, -0.2) is 9.46 Å². The highest BCUT2D eigenvalue weighted by atomic mass is 31.2. The predicted octanol–water partition coefficient (Wildman–Crippen LogP) is 1.48. The number of hydrogen-bond acceptors (Lipinski definition) is 8. The van der Waals surface area contributed by atoms with Crippen molar-refractivity contribution in [3.8, 4) is 0 Å². The number of ether oxygens (including phenoxy) is 1. The Kier molecular flexibility index (Phi) is 7.52. The molecule has 10 heteroatoms. The van der Waals surface area contributed by atoms with Crippen molar-refractivity contribution >= 4 is 14.3 Å². The molecule has 3 N–H and O–H groups in total. The molecular weight excluding hydrogens is 359 g/mol. The Morgan fingerprint density at radius 2 is 2.12 bits per heavy atom. The third kappa shape index (κ3) is 4.79. The van der Waals surface area contributed by atoms with Gasteiger partial charge in [0.1, 0.15) is 18.1 Å². The highest BCUT2D eigenvalue weighted by molar-refractivity contribution is 7.44. The van der Waals surface area contributed by atoms with Crippen molar-refractivity contribution in [1.82, 2.24) is 14.2 Å². The van der Waals surface area contributed by atoms with Crippen LogP contribution >= 0.6 is 8.53 Å². The molecule has 0 radical (unpaired) electrons. The molecule has 0 amide bonds. The molecule has 1 aliphatic heterocycles. The van der Waals surface area contributed by atoms with Gasteiger partial charge in [0.05, 0.1) is 12.7 Å². The summed E-state index contributed by atoms with van der Waals surface area (Å²) in [7, 11) is 0.285. The summed E-state index contributed by atoms with van der Waals surface area (Å²) >= 11 is 0. The average Bonchev–Trinajstić information content (AvgIpc) is 2.96. The van der Waals surface area contributed by atoms with Crippen LogP contribution in [-0.4, -0.2) is 57.3 Å². The van der Waals surface area contributed by atoms with Crippen molar-refractivity contribution in [1.29, 1.82) is 0 Å². The summed E-state index contributed by atoms with van der Waals surface area (Å²) in [6, 6.07) is 2.00. The molecule has 148 valence electrons. The maximum atomic E-state index is 12.1. The van der Waals surface area contributed by atoms with Crippen molar-refractivity contribution in [2.45, 2.75) is 64.6 Å². The summed E-state index contributed by atoms with van der Waals surface area (Å²) < 4.78 is 21.1.